The van der Waals surface area contributed by atoms with Gasteiger partial charge < -0.3 is 15.2 Å². The first-order valence-corrected chi connectivity index (χ1v) is 7.65. The van der Waals surface area contributed by atoms with E-state index in [2.05, 4.69) is 25.2 Å². The number of rotatable bonds is 4. The van der Waals surface area contributed by atoms with E-state index in [9.17, 15) is 0 Å². The number of aromatic nitrogens is 3. The first-order chi connectivity index (χ1) is 9.88. The Morgan fingerprint density at radius 2 is 2.10 bits per heavy atom. The minimum Gasteiger partial charge on any atom is -0.367 e. The molecule has 4 rings (SSSR count). The molecule has 0 aromatic carbocycles. The van der Waals surface area contributed by atoms with Crippen LogP contribution >= 0.6 is 0 Å². The molecular weight excluding hydrogens is 250 g/mol. The van der Waals surface area contributed by atoms with Crippen LogP contribution < -0.4 is 5.32 Å². The van der Waals surface area contributed by atoms with Gasteiger partial charge in [-0.1, -0.05) is 0 Å². The third-order valence-corrected chi connectivity index (χ3v) is 4.65. The van der Waals surface area contributed by atoms with E-state index in [1.165, 1.54) is 45.3 Å². The molecule has 2 aromatic heterocycles. The van der Waals surface area contributed by atoms with Crippen LogP contribution in [-0.2, 0) is 0 Å². The highest BCUT2D eigenvalue weighted by Crippen LogP contribution is 2.32. The van der Waals surface area contributed by atoms with Gasteiger partial charge in [-0.15, -0.1) is 0 Å². The maximum Gasteiger partial charge on any atom is 0.142 e. The van der Waals surface area contributed by atoms with E-state index in [0.717, 1.165) is 22.8 Å². The van der Waals surface area contributed by atoms with Crippen LogP contribution in [0.3, 0.4) is 0 Å². The Morgan fingerprint density at radius 3 is 2.95 bits per heavy atom. The van der Waals surface area contributed by atoms with Crippen LogP contribution in [0.25, 0.3) is 11.0 Å². The van der Waals surface area contributed by atoms with E-state index in [1.54, 1.807) is 6.33 Å². The first kappa shape index (κ1) is 12.1. The van der Waals surface area contributed by atoms with Crippen LogP contribution in [0.15, 0.2) is 18.6 Å². The van der Waals surface area contributed by atoms with Crippen LogP contribution in [0.5, 0.6) is 0 Å². The second kappa shape index (κ2) is 5.05. The lowest BCUT2D eigenvalue weighted by Crippen LogP contribution is -2.41. The zero-order valence-corrected chi connectivity index (χ0v) is 11.7. The summed E-state index contributed by atoms with van der Waals surface area (Å²) in [6.45, 7) is 3.91. The van der Waals surface area contributed by atoms with Crippen molar-refractivity contribution in [3.8, 4) is 0 Å². The van der Waals surface area contributed by atoms with Gasteiger partial charge >= 0.3 is 0 Å². The normalized spacial score (nSPS) is 26.8. The first-order valence-electron chi connectivity index (χ1n) is 7.65. The van der Waals surface area contributed by atoms with Gasteiger partial charge in [0.05, 0.1) is 5.39 Å². The number of nitrogens with zero attached hydrogens (tertiary/aromatic N) is 3. The molecule has 1 aliphatic carbocycles. The lowest BCUT2D eigenvalue weighted by molar-refractivity contribution is 0.190. The van der Waals surface area contributed by atoms with E-state index in [0.29, 0.717) is 6.04 Å². The Labute approximate surface area is 118 Å². The summed E-state index contributed by atoms with van der Waals surface area (Å²) < 4.78 is 0. The summed E-state index contributed by atoms with van der Waals surface area (Å²) >= 11 is 0. The summed E-state index contributed by atoms with van der Waals surface area (Å²) in [4.78, 5) is 14.3. The zero-order chi connectivity index (χ0) is 13.4. The number of hydrogen-bond donors (Lipinski definition) is 2. The molecule has 0 unspecified atom stereocenters. The molecule has 20 heavy (non-hydrogen) atoms. The topological polar surface area (TPSA) is 56.8 Å². The summed E-state index contributed by atoms with van der Waals surface area (Å²) in [6.07, 6.45) is 8.86. The highest BCUT2D eigenvalue weighted by atomic mass is 15.1. The molecule has 0 atom stereocenters. The Morgan fingerprint density at radius 1 is 1.25 bits per heavy atom. The molecule has 1 saturated heterocycles. The number of H-pyrrole nitrogens is 1. The van der Waals surface area contributed by atoms with Crippen molar-refractivity contribution in [2.45, 2.75) is 31.7 Å². The number of hydrogen-bond acceptors (Lipinski definition) is 4. The van der Waals surface area contributed by atoms with Gasteiger partial charge in [-0.3, -0.25) is 0 Å². The maximum absolute atomic E-state index is 4.38. The van der Waals surface area contributed by atoms with Crippen molar-refractivity contribution in [2.75, 3.05) is 25.0 Å². The van der Waals surface area contributed by atoms with Gasteiger partial charge in [-0.2, -0.15) is 0 Å². The average molecular weight is 271 g/mol. The summed E-state index contributed by atoms with van der Waals surface area (Å²) in [5, 5.41) is 4.67. The van der Waals surface area contributed by atoms with Crippen molar-refractivity contribution >= 4 is 16.9 Å². The molecule has 5 heteroatoms. The molecule has 2 aromatic rings. The third kappa shape index (κ3) is 2.26. The molecule has 5 nitrogen and oxygen atoms in total. The number of nitrogens with one attached hydrogen (secondary N) is 2. The summed E-state index contributed by atoms with van der Waals surface area (Å²) in [6, 6.07) is 2.62. The SMILES string of the molecule is c1nc(NC2CC(CN3CCCC3)C2)c2cc[nH]c2n1. The van der Waals surface area contributed by atoms with Crippen LogP contribution in [-0.4, -0.2) is 45.5 Å². The fourth-order valence-corrected chi connectivity index (χ4v) is 3.51. The van der Waals surface area contributed by atoms with Crippen molar-refractivity contribution in [3.63, 3.8) is 0 Å². The quantitative estimate of drug-likeness (QED) is 0.895. The molecule has 1 saturated carbocycles. The van der Waals surface area contributed by atoms with Gasteiger partial charge in [0.15, 0.2) is 0 Å². The fraction of sp³-hybridized carbons (Fsp3) is 0.600. The van der Waals surface area contributed by atoms with Gasteiger partial charge in [-0.05, 0) is 50.8 Å². The molecule has 2 aliphatic rings. The van der Waals surface area contributed by atoms with E-state index in [1.807, 2.05) is 12.3 Å². The maximum atomic E-state index is 4.38. The number of anilines is 1. The lowest BCUT2D eigenvalue weighted by atomic mass is 9.80. The predicted octanol–water partition coefficient (Wildman–Crippen LogP) is 2.24. The molecular formula is C15H21N5. The smallest absolute Gasteiger partial charge is 0.142 e. The van der Waals surface area contributed by atoms with Crippen molar-refractivity contribution in [1.29, 1.82) is 0 Å². The summed E-state index contributed by atoms with van der Waals surface area (Å²) in [7, 11) is 0. The van der Waals surface area contributed by atoms with Crippen molar-refractivity contribution in [3.05, 3.63) is 18.6 Å². The van der Waals surface area contributed by atoms with E-state index in [-0.39, 0.29) is 0 Å². The summed E-state index contributed by atoms with van der Waals surface area (Å²) in [5.74, 6) is 1.84. The average Bonchev–Trinajstić information content (AvgIpc) is 3.07. The standard InChI is InChI=1S/C15H21N5/c1-2-6-20(5-1)9-11-7-12(8-11)19-15-13-3-4-16-14(13)17-10-18-15/h3-4,10-12H,1-2,5-9H2,(H2,16,17,18,19). The van der Waals surface area contributed by atoms with E-state index in [4.69, 9.17) is 0 Å². The Kier molecular flexibility index (Phi) is 3.07. The molecule has 2 N–H and O–H groups in total. The van der Waals surface area contributed by atoms with Crippen LogP contribution in [0.2, 0.25) is 0 Å². The number of fused-ring (bicyclic) bond motifs is 1. The molecule has 3 heterocycles. The molecule has 0 amide bonds. The van der Waals surface area contributed by atoms with Gasteiger partial charge in [-0.25, -0.2) is 9.97 Å². The predicted molar refractivity (Wildman–Crippen MR) is 79.7 cm³/mol. The molecule has 0 radical (unpaired) electrons. The number of likely N-dealkylation sites (tertiary alicyclic amines) is 1. The largest absolute Gasteiger partial charge is 0.367 e. The Hall–Kier alpha value is -1.62. The van der Waals surface area contributed by atoms with Crippen LogP contribution in [0, 0.1) is 5.92 Å². The summed E-state index contributed by atoms with van der Waals surface area (Å²) in [5.41, 5.74) is 0.912. The van der Waals surface area contributed by atoms with Crippen molar-refractivity contribution in [2.24, 2.45) is 5.92 Å². The van der Waals surface area contributed by atoms with Gasteiger partial charge in [0.2, 0.25) is 0 Å². The van der Waals surface area contributed by atoms with Gasteiger partial charge in [0.1, 0.15) is 17.8 Å². The zero-order valence-electron chi connectivity index (χ0n) is 11.7. The Balaban J connectivity index is 1.34. The van der Waals surface area contributed by atoms with Crippen LogP contribution in [0.1, 0.15) is 25.7 Å². The molecule has 0 bridgehead atoms. The lowest BCUT2D eigenvalue weighted by Gasteiger charge is -2.38. The molecule has 2 fully saturated rings. The second-order valence-corrected chi connectivity index (χ2v) is 6.15. The van der Waals surface area contributed by atoms with Gasteiger partial charge in [0.25, 0.3) is 0 Å². The second-order valence-electron chi connectivity index (χ2n) is 6.15. The van der Waals surface area contributed by atoms with Crippen LogP contribution in [0.4, 0.5) is 5.82 Å². The molecule has 0 spiro atoms. The highest BCUT2D eigenvalue weighted by Gasteiger charge is 2.31. The van der Waals surface area contributed by atoms with E-state index < -0.39 is 0 Å². The number of aromatic amines is 1. The minimum absolute atomic E-state index is 0.579. The highest BCUT2D eigenvalue weighted by molar-refractivity contribution is 5.86. The molecule has 106 valence electrons. The monoisotopic (exact) mass is 271 g/mol. The van der Waals surface area contributed by atoms with E-state index >= 15 is 0 Å². The third-order valence-electron chi connectivity index (χ3n) is 4.65. The molecule has 1 aliphatic heterocycles. The Bertz CT molecular complexity index is 581. The minimum atomic E-state index is 0.579. The van der Waals surface area contributed by atoms with Gasteiger partial charge in [0, 0.05) is 18.8 Å². The van der Waals surface area contributed by atoms with Crippen molar-refractivity contribution in [1.82, 2.24) is 19.9 Å². The fourth-order valence-electron chi connectivity index (χ4n) is 3.51. The van der Waals surface area contributed by atoms with Crippen molar-refractivity contribution < 1.29 is 0 Å².